The van der Waals surface area contributed by atoms with Crippen LogP contribution in [-0.4, -0.2) is 50.9 Å². The van der Waals surface area contributed by atoms with E-state index < -0.39 is 28.5 Å². The number of nitrogens with one attached hydrogen (secondary N) is 1. The maximum atomic E-state index is 14.0. The quantitative estimate of drug-likeness (QED) is 0.292. The van der Waals surface area contributed by atoms with Gasteiger partial charge in [-0.2, -0.15) is 0 Å². The zero-order valence-corrected chi connectivity index (χ0v) is 24.7. The zero-order valence-electron chi connectivity index (χ0n) is 22.3. The molecule has 1 N–H and O–H groups in total. The van der Waals surface area contributed by atoms with Crippen molar-refractivity contribution in [3.8, 4) is 5.75 Å². The van der Waals surface area contributed by atoms with Crippen LogP contribution in [0.1, 0.15) is 32.8 Å². The minimum Gasteiger partial charge on any atom is -0.492 e. The van der Waals surface area contributed by atoms with Gasteiger partial charge in [-0.3, -0.25) is 13.9 Å². The first-order chi connectivity index (χ1) is 18.7. The minimum atomic E-state index is -4.17. The second-order valence-corrected chi connectivity index (χ2v) is 11.6. The molecule has 0 heterocycles. The van der Waals surface area contributed by atoms with Crippen LogP contribution in [0.25, 0.3) is 0 Å². The number of para-hydroxylation sites is 2. The van der Waals surface area contributed by atoms with Gasteiger partial charge < -0.3 is 15.0 Å². The first-order valence-corrected chi connectivity index (χ1v) is 15.0. The molecule has 0 fully saturated rings. The number of anilines is 1. The van der Waals surface area contributed by atoms with Crippen molar-refractivity contribution in [3.63, 3.8) is 0 Å². The lowest BCUT2D eigenvalue weighted by molar-refractivity contribution is -0.139. The lowest BCUT2D eigenvalue weighted by atomic mass is 10.1. The summed E-state index contributed by atoms with van der Waals surface area (Å²) in [7, 11) is -4.17. The molecule has 0 aliphatic carbocycles. The minimum absolute atomic E-state index is 0.0383. The van der Waals surface area contributed by atoms with E-state index in [9.17, 15) is 18.0 Å². The Hall–Kier alpha value is -3.37. The van der Waals surface area contributed by atoms with E-state index in [1.54, 1.807) is 56.3 Å². The summed E-state index contributed by atoms with van der Waals surface area (Å²) in [5.74, 6) is -0.508. The van der Waals surface area contributed by atoms with E-state index >= 15 is 0 Å². The molecule has 3 rings (SSSR count). The Bertz CT molecular complexity index is 1370. The zero-order chi connectivity index (χ0) is 28.4. The number of hydrogen-bond donors (Lipinski definition) is 1. The van der Waals surface area contributed by atoms with E-state index in [2.05, 4.69) is 21.2 Å². The SMILES string of the molecule is CCCNC(=O)C(C)N(Cc1cccc(Br)c1)C(=O)CN(c1ccccc1OCC)S(=O)(=O)c1ccccc1. The third kappa shape index (κ3) is 7.83. The highest BCUT2D eigenvalue weighted by Gasteiger charge is 2.33. The first kappa shape index (κ1) is 30.2. The van der Waals surface area contributed by atoms with Crippen LogP contribution in [0.5, 0.6) is 5.75 Å². The predicted octanol–water partition coefficient (Wildman–Crippen LogP) is 4.99. The van der Waals surface area contributed by atoms with Crippen LogP contribution < -0.4 is 14.4 Å². The van der Waals surface area contributed by atoms with Crippen molar-refractivity contribution < 1.29 is 22.7 Å². The molecule has 0 aliphatic heterocycles. The van der Waals surface area contributed by atoms with E-state index in [1.165, 1.54) is 17.0 Å². The molecule has 2 amide bonds. The Morgan fingerprint density at radius 2 is 1.67 bits per heavy atom. The number of carbonyl (C=O) groups excluding carboxylic acids is 2. The molecular weight excluding hydrogens is 582 g/mol. The number of nitrogens with zero attached hydrogens (tertiary/aromatic N) is 2. The van der Waals surface area contributed by atoms with Crippen molar-refractivity contribution in [2.75, 3.05) is 24.0 Å². The molecule has 0 saturated heterocycles. The molecule has 0 aromatic heterocycles. The van der Waals surface area contributed by atoms with Gasteiger partial charge in [0.2, 0.25) is 11.8 Å². The van der Waals surface area contributed by atoms with Crippen LogP contribution in [-0.2, 0) is 26.2 Å². The van der Waals surface area contributed by atoms with Gasteiger partial charge in [0.05, 0.1) is 17.2 Å². The van der Waals surface area contributed by atoms with Crippen LogP contribution in [0, 0.1) is 0 Å². The van der Waals surface area contributed by atoms with Gasteiger partial charge in [0.15, 0.2) is 0 Å². The van der Waals surface area contributed by atoms with Gasteiger partial charge in [-0.05, 0) is 62.2 Å². The normalized spacial score (nSPS) is 11.9. The summed E-state index contributed by atoms with van der Waals surface area (Å²) in [6, 6.07) is 21.2. The largest absolute Gasteiger partial charge is 0.492 e. The average molecular weight is 617 g/mol. The maximum Gasteiger partial charge on any atom is 0.264 e. The van der Waals surface area contributed by atoms with Crippen molar-refractivity contribution in [1.82, 2.24) is 10.2 Å². The van der Waals surface area contributed by atoms with E-state index in [0.29, 0.717) is 18.9 Å². The molecule has 1 atom stereocenters. The third-order valence-electron chi connectivity index (χ3n) is 6.00. The first-order valence-electron chi connectivity index (χ1n) is 12.8. The summed E-state index contributed by atoms with van der Waals surface area (Å²) in [6.45, 7) is 5.76. The van der Waals surface area contributed by atoms with Crippen LogP contribution >= 0.6 is 15.9 Å². The Labute approximate surface area is 239 Å². The van der Waals surface area contributed by atoms with Crippen molar-refractivity contribution >= 4 is 43.5 Å². The van der Waals surface area contributed by atoms with Crippen LogP contribution in [0.15, 0.2) is 88.2 Å². The fourth-order valence-electron chi connectivity index (χ4n) is 3.98. The van der Waals surface area contributed by atoms with E-state index in [4.69, 9.17) is 4.74 Å². The summed E-state index contributed by atoms with van der Waals surface area (Å²) >= 11 is 3.45. The molecule has 208 valence electrons. The number of amides is 2. The van der Waals surface area contributed by atoms with Gasteiger partial charge in [-0.25, -0.2) is 8.42 Å². The van der Waals surface area contributed by atoms with Crippen molar-refractivity contribution in [2.24, 2.45) is 0 Å². The van der Waals surface area contributed by atoms with Crippen LogP contribution in [0.3, 0.4) is 0 Å². The van der Waals surface area contributed by atoms with E-state index in [1.807, 2.05) is 31.2 Å². The molecule has 0 saturated carbocycles. The van der Waals surface area contributed by atoms with E-state index in [-0.39, 0.29) is 23.0 Å². The predicted molar refractivity (Wildman–Crippen MR) is 156 cm³/mol. The molecule has 0 radical (unpaired) electrons. The summed E-state index contributed by atoms with van der Waals surface area (Å²) in [6.07, 6.45) is 0.745. The topological polar surface area (TPSA) is 96.0 Å². The number of ether oxygens (including phenoxy) is 1. The molecule has 0 spiro atoms. The fraction of sp³-hybridized carbons (Fsp3) is 0.310. The summed E-state index contributed by atoms with van der Waals surface area (Å²) in [5, 5.41) is 2.84. The molecule has 39 heavy (non-hydrogen) atoms. The highest BCUT2D eigenvalue weighted by molar-refractivity contribution is 9.10. The summed E-state index contributed by atoms with van der Waals surface area (Å²) in [4.78, 5) is 28.4. The molecule has 8 nitrogen and oxygen atoms in total. The highest BCUT2D eigenvalue weighted by Crippen LogP contribution is 2.33. The number of benzene rings is 3. The molecule has 10 heteroatoms. The van der Waals surface area contributed by atoms with Gasteiger partial charge in [0, 0.05) is 17.6 Å². The molecule has 3 aromatic rings. The molecule has 1 unspecified atom stereocenters. The second kappa shape index (κ2) is 14.1. The second-order valence-electron chi connectivity index (χ2n) is 8.84. The summed E-state index contributed by atoms with van der Waals surface area (Å²) in [5.41, 5.74) is 1.03. The Morgan fingerprint density at radius 3 is 2.33 bits per heavy atom. The Kier molecular flexibility index (Phi) is 10.9. The Balaban J connectivity index is 2.06. The standard InChI is InChI=1S/C29H34BrN3O5S/c1-4-18-31-29(35)22(3)32(20-23-12-11-13-24(30)19-23)28(34)21-33(26-16-9-10-17-27(26)38-5-2)39(36,37)25-14-7-6-8-15-25/h6-17,19,22H,4-5,18,20-21H2,1-3H3,(H,31,35). The lowest BCUT2D eigenvalue weighted by Crippen LogP contribution is -2.51. The summed E-state index contributed by atoms with van der Waals surface area (Å²) < 4.78 is 35.4. The van der Waals surface area contributed by atoms with Gasteiger partial charge >= 0.3 is 0 Å². The molecule has 0 bridgehead atoms. The fourth-order valence-corrected chi connectivity index (χ4v) is 5.88. The monoisotopic (exact) mass is 615 g/mol. The molecule has 3 aromatic carbocycles. The van der Waals surface area contributed by atoms with E-state index in [0.717, 1.165) is 20.8 Å². The van der Waals surface area contributed by atoms with Gasteiger partial charge in [0.1, 0.15) is 18.3 Å². The van der Waals surface area contributed by atoms with Gasteiger partial charge in [-0.1, -0.05) is 65.3 Å². The average Bonchev–Trinajstić information content (AvgIpc) is 2.94. The molecule has 0 aliphatic rings. The Morgan fingerprint density at radius 1 is 0.974 bits per heavy atom. The van der Waals surface area contributed by atoms with Crippen LogP contribution in [0.4, 0.5) is 5.69 Å². The number of halogens is 1. The number of rotatable bonds is 13. The van der Waals surface area contributed by atoms with Gasteiger partial charge in [-0.15, -0.1) is 0 Å². The lowest BCUT2D eigenvalue weighted by Gasteiger charge is -2.32. The van der Waals surface area contributed by atoms with Crippen molar-refractivity contribution in [3.05, 3.63) is 88.9 Å². The number of hydrogen-bond acceptors (Lipinski definition) is 5. The third-order valence-corrected chi connectivity index (χ3v) is 8.27. The van der Waals surface area contributed by atoms with Crippen molar-refractivity contribution in [1.29, 1.82) is 0 Å². The van der Waals surface area contributed by atoms with Gasteiger partial charge in [0.25, 0.3) is 10.0 Å². The maximum absolute atomic E-state index is 14.0. The number of carbonyl (C=O) groups is 2. The number of sulfonamides is 1. The van der Waals surface area contributed by atoms with Crippen molar-refractivity contribution in [2.45, 2.75) is 44.7 Å². The smallest absolute Gasteiger partial charge is 0.264 e. The van der Waals surface area contributed by atoms with Crippen LogP contribution in [0.2, 0.25) is 0 Å². The molecular formula is C29H34BrN3O5S. The highest BCUT2D eigenvalue weighted by atomic mass is 79.9.